The van der Waals surface area contributed by atoms with Crippen molar-refractivity contribution >= 4 is 35.8 Å². The Labute approximate surface area is 184 Å². The first-order valence-corrected chi connectivity index (χ1v) is 9.80. The average Bonchev–Trinajstić information content (AvgIpc) is 2.59. The SMILES string of the molecule is CCNC(=NCC(C)Oc1ccc(F)cc1)NCCCNC(=O)C1CCC1.I. The summed E-state index contributed by atoms with van der Waals surface area (Å²) >= 11 is 0. The smallest absolute Gasteiger partial charge is 0.223 e. The van der Waals surface area contributed by atoms with Crippen molar-refractivity contribution in [2.24, 2.45) is 10.9 Å². The van der Waals surface area contributed by atoms with E-state index in [1.54, 1.807) is 12.1 Å². The maximum Gasteiger partial charge on any atom is 0.223 e. The highest BCUT2D eigenvalue weighted by Gasteiger charge is 2.24. The molecule has 1 saturated carbocycles. The van der Waals surface area contributed by atoms with Crippen LogP contribution in [0.1, 0.15) is 39.5 Å². The second-order valence-corrected chi connectivity index (χ2v) is 6.80. The van der Waals surface area contributed by atoms with Crippen molar-refractivity contribution < 1.29 is 13.9 Å². The molecular weight excluding hydrogens is 474 g/mol. The Hall–Kier alpha value is -1.58. The second-order valence-electron chi connectivity index (χ2n) is 6.80. The first kappa shape index (κ1) is 24.5. The van der Waals surface area contributed by atoms with Gasteiger partial charge in [-0.1, -0.05) is 6.42 Å². The number of nitrogens with one attached hydrogen (secondary N) is 3. The van der Waals surface area contributed by atoms with Crippen molar-refractivity contribution in [1.82, 2.24) is 16.0 Å². The van der Waals surface area contributed by atoms with Gasteiger partial charge in [0.15, 0.2) is 5.96 Å². The van der Waals surface area contributed by atoms with E-state index in [-0.39, 0.29) is 47.7 Å². The van der Waals surface area contributed by atoms with Crippen molar-refractivity contribution in [1.29, 1.82) is 0 Å². The monoisotopic (exact) mass is 506 g/mol. The van der Waals surface area contributed by atoms with Gasteiger partial charge in [-0.25, -0.2) is 9.38 Å². The minimum absolute atomic E-state index is 0. The fourth-order valence-electron chi connectivity index (χ4n) is 2.67. The predicted molar refractivity (Wildman–Crippen MR) is 121 cm³/mol. The number of guanidine groups is 1. The fourth-order valence-corrected chi connectivity index (χ4v) is 2.67. The van der Waals surface area contributed by atoms with Crippen LogP contribution in [0.15, 0.2) is 29.3 Å². The third kappa shape index (κ3) is 9.07. The van der Waals surface area contributed by atoms with Crippen LogP contribution in [-0.4, -0.2) is 44.1 Å². The summed E-state index contributed by atoms with van der Waals surface area (Å²) < 4.78 is 18.7. The molecule has 1 aromatic rings. The number of aliphatic imine (C=N–C) groups is 1. The average molecular weight is 506 g/mol. The summed E-state index contributed by atoms with van der Waals surface area (Å²) in [4.78, 5) is 16.3. The minimum Gasteiger partial charge on any atom is -0.489 e. The first-order valence-electron chi connectivity index (χ1n) is 9.80. The molecule has 158 valence electrons. The Balaban J connectivity index is 0.00000392. The van der Waals surface area contributed by atoms with E-state index >= 15 is 0 Å². The number of benzene rings is 1. The van der Waals surface area contributed by atoms with Crippen LogP contribution in [0.25, 0.3) is 0 Å². The molecule has 0 aliphatic heterocycles. The quantitative estimate of drug-likeness (QED) is 0.198. The Morgan fingerprint density at radius 2 is 1.89 bits per heavy atom. The van der Waals surface area contributed by atoms with Crippen molar-refractivity contribution in [3.63, 3.8) is 0 Å². The Kier molecular flexibility index (Phi) is 11.9. The molecule has 8 heteroatoms. The number of nitrogens with zero attached hydrogens (tertiary/aromatic N) is 1. The summed E-state index contributed by atoms with van der Waals surface area (Å²) in [5, 5.41) is 9.44. The molecule has 1 atom stereocenters. The summed E-state index contributed by atoms with van der Waals surface area (Å²) in [5.41, 5.74) is 0. The molecule has 2 rings (SSSR count). The van der Waals surface area contributed by atoms with Gasteiger partial charge in [0, 0.05) is 25.6 Å². The van der Waals surface area contributed by atoms with Crippen LogP contribution < -0.4 is 20.7 Å². The van der Waals surface area contributed by atoms with Crippen LogP contribution in [0.3, 0.4) is 0 Å². The summed E-state index contributed by atoms with van der Waals surface area (Å²) in [6.45, 7) is 6.57. The van der Waals surface area contributed by atoms with Crippen LogP contribution >= 0.6 is 24.0 Å². The standard InChI is InChI=1S/C20H31FN4O2.HI/c1-3-22-20(24-13-5-12-23-19(26)16-6-4-7-16)25-14-15(2)27-18-10-8-17(21)9-11-18;/h8-11,15-16H,3-7,12-14H2,1-2H3,(H,23,26)(H2,22,24,25);1H. The molecule has 0 aromatic heterocycles. The summed E-state index contributed by atoms with van der Waals surface area (Å²) in [6.07, 6.45) is 3.93. The van der Waals surface area contributed by atoms with Crippen LogP contribution in [0.5, 0.6) is 5.75 Å². The van der Waals surface area contributed by atoms with Gasteiger partial charge in [0.05, 0.1) is 6.54 Å². The van der Waals surface area contributed by atoms with Crippen molar-refractivity contribution in [3.8, 4) is 5.75 Å². The lowest BCUT2D eigenvalue weighted by molar-refractivity contribution is -0.127. The van der Waals surface area contributed by atoms with Crippen molar-refractivity contribution in [2.75, 3.05) is 26.2 Å². The highest BCUT2D eigenvalue weighted by molar-refractivity contribution is 14.0. The van der Waals surface area contributed by atoms with E-state index < -0.39 is 0 Å². The van der Waals surface area contributed by atoms with E-state index in [2.05, 4.69) is 20.9 Å². The zero-order valence-corrected chi connectivity index (χ0v) is 19.0. The third-order valence-electron chi connectivity index (χ3n) is 4.42. The van der Waals surface area contributed by atoms with E-state index in [1.807, 2.05) is 13.8 Å². The number of amides is 1. The van der Waals surface area contributed by atoms with Crippen molar-refractivity contribution in [2.45, 2.75) is 45.6 Å². The highest BCUT2D eigenvalue weighted by atomic mass is 127. The molecule has 0 heterocycles. The maximum absolute atomic E-state index is 12.9. The number of carbonyl (C=O) groups is 1. The van der Waals surface area contributed by atoms with E-state index in [9.17, 15) is 9.18 Å². The molecule has 1 unspecified atom stereocenters. The number of ether oxygens (including phenoxy) is 1. The summed E-state index contributed by atoms with van der Waals surface area (Å²) in [5.74, 6) is 1.49. The van der Waals surface area contributed by atoms with Gasteiger partial charge in [0.25, 0.3) is 0 Å². The zero-order valence-electron chi connectivity index (χ0n) is 16.7. The van der Waals surface area contributed by atoms with Crippen LogP contribution in [0.2, 0.25) is 0 Å². The van der Waals surface area contributed by atoms with Gasteiger partial charge in [0.1, 0.15) is 17.7 Å². The topological polar surface area (TPSA) is 74.8 Å². The van der Waals surface area contributed by atoms with Gasteiger partial charge in [0.2, 0.25) is 5.91 Å². The molecular formula is C20H32FIN4O2. The lowest BCUT2D eigenvalue weighted by Gasteiger charge is -2.24. The molecule has 0 bridgehead atoms. The number of rotatable bonds is 10. The van der Waals surface area contributed by atoms with Crippen LogP contribution in [0.4, 0.5) is 4.39 Å². The van der Waals surface area contributed by atoms with Gasteiger partial charge in [-0.3, -0.25) is 4.79 Å². The van der Waals surface area contributed by atoms with Gasteiger partial charge >= 0.3 is 0 Å². The van der Waals surface area contributed by atoms with E-state index in [0.717, 1.165) is 38.3 Å². The molecule has 3 N–H and O–H groups in total. The number of halogens is 2. The zero-order chi connectivity index (χ0) is 19.5. The maximum atomic E-state index is 12.9. The molecule has 1 aromatic carbocycles. The molecule has 6 nitrogen and oxygen atoms in total. The highest BCUT2D eigenvalue weighted by Crippen LogP contribution is 2.25. The fraction of sp³-hybridized carbons (Fsp3) is 0.600. The predicted octanol–water partition coefficient (Wildman–Crippen LogP) is 3.07. The molecule has 0 saturated heterocycles. The van der Waals surface area contributed by atoms with E-state index in [1.165, 1.54) is 18.6 Å². The van der Waals surface area contributed by atoms with E-state index in [4.69, 9.17) is 4.74 Å². The molecule has 28 heavy (non-hydrogen) atoms. The lowest BCUT2D eigenvalue weighted by atomic mass is 9.85. The van der Waals surface area contributed by atoms with Gasteiger partial charge < -0.3 is 20.7 Å². The Morgan fingerprint density at radius 1 is 1.21 bits per heavy atom. The molecule has 1 aliphatic rings. The number of hydrogen-bond donors (Lipinski definition) is 3. The van der Waals surface area contributed by atoms with Gasteiger partial charge in [-0.15, -0.1) is 24.0 Å². The third-order valence-corrected chi connectivity index (χ3v) is 4.42. The molecule has 0 spiro atoms. The molecule has 1 fully saturated rings. The Morgan fingerprint density at radius 3 is 2.50 bits per heavy atom. The lowest BCUT2D eigenvalue weighted by Crippen LogP contribution is -2.40. The first-order chi connectivity index (χ1) is 13.1. The largest absolute Gasteiger partial charge is 0.489 e. The number of carbonyl (C=O) groups excluding carboxylic acids is 1. The molecule has 1 amide bonds. The summed E-state index contributed by atoms with van der Waals surface area (Å²) in [6, 6.07) is 5.97. The van der Waals surface area contributed by atoms with Crippen LogP contribution in [0, 0.1) is 11.7 Å². The van der Waals surface area contributed by atoms with Gasteiger partial charge in [-0.05, 0) is 57.4 Å². The normalized spacial score (nSPS) is 15.0. The molecule has 0 radical (unpaired) electrons. The van der Waals surface area contributed by atoms with Crippen molar-refractivity contribution in [3.05, 3.63) is 30.1 Å². The van der Waals surface area contributed by atoms with Crippen LogP contribution in [-0.2, 0) is 4.79 Å². The molecule has 1 aliphatic carbocycles. The van der Waals surface area contributed by atoms with E-state index in [0.29, 0.717) is 18.8 Å². The Bertz CT molecular complexity index is 609. The minimum atomic E-state index is -0.282. The summed E-state index contributed by atoms with van der Waals surface area (Å²) in [7, 11) is 0. The second kappa shape index (κ2) is 13.6. The number of hydrogen-bond acceptors (Lipinski definition) is 3. The van der Waals surface area contributed by atoms with Gasteiger partial charge in [-0.2, -0.15) is 0 Å².